The highest BCUT2D eigenvalue weighted by molar-refractivity contribution is 5.76. The van der Waals surface area contributed by atoms with E-state index in [4.69, 9.17) is 4.74 Å². The van der Waals surface area contributed by atoms with Crippen LogP contribution in [0.1, 0.15) is 348 Å². The van der Waals surface area contributed by atoms with Gasteiger partial charge in [0, 0.05) is 12.8 Å². The van der Waals surface area contributed by atoms with Gasteiger partial charge >= 0.3 is 5.97 Å². The molecule has 1 amide bonds. The molecule has 2 atom stereocenters. The molecule has 2 unspecified atom stereocenters. The van der Waals surface area contributed by atoms with Crippen molar-refractivity contribution in [3.63, 3.8) is 0 Å². The molecule has 0 saturated heterocycles. The molecule has 0 aliphatic heterocycles. The van der Waals surface area contributed by atoms with Crippen LogP contribution in [0.2, 0.25) is 0 Å². The second-order valence-electron chi connectivity index (χ2n) is 22.1. The summed E-state index contributed by atoms with van der Waals surface area (Å²) in [4.78, 5) is 24.5. The van der Waals surface area contributed by atoms with Crippen LogP contribution in [0.25, 0.3) is 0 Å². The monoisotopic (exact) mass is 1010 g/mol. The number of hydrogen-bond donors (Lipinski definition) is 3. The lowest BCUT2D eigenvalue weighted by molar-refractivity contribution is -0.143. The van der Waals surface area contributed by atoms with E-state index in [-0.39, 0.29) is 18.5 Å². The second-order valence-corrected chi connectivity index (χ2v) is 22.1. The Kier molecular flexibility index (Phi) is 60.0. The second kappa shape index (κ2) is 61.6. The van der Waals surface area contributed by atoms with E-state index in [1.165, 1.54) is 263 Å². The number of allylic oxidation sites excluding steroid dienone is 6. The summed E-state index contributed by atoms with van der Waals surface area (Å²) < 4.78 is 5.48. The summed E-state index contributed by atoms with van der Waals surface area (Å²) in [5.74, 6) is -0.0306. The molecule has 0 saturated carbocycles. The minimum atomic E-state index is -0.662. The van der Waals surface area contributed by atoms with Gasteiger partial charge in [0.05, 0.1) is 25.4 Å². The molecule has 6 nitrogen and oxygen atoms in total. The van der Waals surface area contributed by atoms with Crippen LogP contribution in [0.3, 0.4) is 0 Å². The van der Waals surface area contributed by atoms with Crippen molar-refractivity contribution in [3.05, 3.63) is 36.5 Å². The number of nitrogens with one attached hydrogen (secondary N) is 1. The quantitative estimate of drug-likeness (QED) is 0.0320. The zero-order valence-electron chi connectivity index (χ0n) is 48.4. The maximum atomic E-state index is 12.4. The third-order valence-corrected chi connectivity index (χ3v) is 14.9. The van der Waals surface area contributed by atoms with E-state index >= 15 is 0 Å². The number of esters is 1. The normalized spacial score (nSPS) is 12.8. The molecule has 3 N–H and O–H groups in total. The Morgan fingerprint density at radius 3 is 1.07 bits per heavy atom. The predicted molar refractivity (Wildman–Crippen MR) is 315 cm³/mol. The third kappa shape index (κ3) is 57.4. The van der Waals surface area contributed by atoms with Crippen LogP contribution >= 0.6 is 0 Å². The molecular formula is C66H125NO5. The highest BCUT2D eigenvalue weighted by atomic mass is 16.5. The van der Waals surface area contributed by atoms with Crippen molar-refractivity contribution in [2.45, 2.75) is 360 Å². The summed E-state index contributed by atoms with van der Waals surface area (Å²) in [6, 6.07) is -0.539. The minimum absolute atomic E-state index is 0.00458. The first-order chi connectivity index (χ1) is 35.5. The van der Waals surface area contributed by atoms with E-state index in [1.807, 2.05) is 0 Å². The summed E-state index contributed by atoms with van der Waals surface area (Å²) in [6.07, 6.45) is 77.5. The first kappa shape index (κ1) is 70.1. The van der Waals surface area contributed by atoms with Gasteiger partial charge in [0.2, 0.25) is 5.91 Å². The lowest BCUT2D eigenvalue weighted by Gasteiger charge is -2.22. The molecule has 424 valence electrons. The molecule has 0 aliphatic carbocycles. The molecule has 0 bridgehead atoms. The Morgan fingerprint density at radius 1 is 0.389 bits per heavy atom. The number of ether oxygens (including phenoxy) is 1. The SMILES string of the molecule is CCCCCCC/C=C\CCCCCCCC(=O)OCCCCCCCCCCC/C=C\C/C=C\CCCCCCCCCCCCCCCCCC(=O)NC(CO)C(O)CCCCCCCCCCCC. The minimum Gasteiger partial charge on any atom is -0.466 e. The van der Waals surface area contributed by atoms with E-state index in [9.17, 15) is 19.8 Å². The van der Waals surface area contributed by atoms with E-state index < -0.39 is 12.1 Å². The molecule has 0 fully saturated rings. The fraction of sp³-hybridized carbons (Fsp3) is 0.879. The molecule has 0 heterocycles. The lowest BCUT2D eigenvalue weighted by Crippen LogP contribution is -2.45. The van der Waals surface area contributed by atoms with Crippen LogP contribution in [0.4, 0.5) is 0 Å². The lowest BCUT2D eigenvalue weighted by atomic mass is 10.0. The van der Waals surface area contributed by atoms with Gasteiger partial charge < -0.3 is 20.3 Å². The molecular weight excluding hydrogens is 887 g/mol. The first-order valence-corrected chi connectivity index (χ1v) is 32.2. The van der Waals surface area contributed by atoms with E-state index in [0.717, 1.165) is 51.4 Å². The largest absolute Gasteiger partial charge is 0.466 e. The molecule has 0 aromatic carbocycles. The van der Waals surface area contributed by atoms with Crippen molar-refractivity contribution in [1.82, 2.24) is 5.32 Å². The van der Waals surface area contributed by atoms with Gasteiger partial charge in [0.15, 0.2) is 0 Å². The van der Waals surface area contributed by atoms with Crippen molar-refractivity contribution in [1.29, 1.82) is 0 Å². The molecule has 0 aromatic heterocycles. The van der Waals surface area contributed by atoms with Gasteiger partial charge in [-0.05, 0) is 83.5 Å². The van der Waals surface area contributed by atoms with Gasteiger partial charge in [0.1, 0.15) is 0 Å². The van der Waals surface area contributed by atoms with Crippen LogP contribution in [-0.2, 0) is 14.3 Å². The number of amides is 1. The van der Waals surface area contributed by atoms with E-state index in [1.54, 1.807) is 0 Å². The number of unbranched alkanes of at least 4 members (excludes halogenated alkanes) is 43. The van der Waals surface area contributed by atoms with Gasteiger partial charge in [-0.3, -0.25) is 9.59 Å². The number of rotatable bonds is 60. The Morgan fingerprint density at radius 2 is 0.694 bits per heavy atom. The number of hydrogen-bond acceptors (Lipinski definition) is 5. The number of aliphatic hydroxyl groups excluding tert-OH is 2. The third-order valence-electron chi connectivity index (χ3n) is 14.9. The molecule has 6 heteroatoms. The van der Waals surface area contributed by atoms with Crippen molar-refractivity contribution in [2.75, 3.05) is 13.2 Å². The summed E-state index contributed by atoms with van der Waals surface area (Å²) in [6.45, 7) is 4.94. The van der Waals surface area contributed by atoms with Crippen LogP contribution < -0.4 is 5.32 Å². The number of carbonyl (C=O) groups is 2. The fourth-order valence-electron chi connectivity index (χ4n) is 9.96. The molecule has 0 radical (unpaired) electrons. The molecule has 72 heavy (non-hydrogen) atoms. The Hall–Kier alpha value is -1.92. The molecule has 0 rings (SSSR count). The molecule has 0 aromatic rings. The van der Waals surface area contributed by atoms with E-state index in [0.29, 0.717) is 25.9 Å². The van der Waals surface area contributed by atoms with Crippen LogP contribution in [0, 0.1) is 0 Å². The fourth-order valence-corrected chi connectivity index (χ4v) is 9.96. The average Bonchev–Trinajstić information content (AvgIpc) is 3.38. The molecule has 0 spiro atoms. The first-order valence-electron chi connectivity index (χ1n) is 32.2. The highest BCUT2D eigenvalue weighted by Crippen LogP contribution is 2.17. The summed E-state index contributed by atoms with van der Waals surface area (Å²) in [5.41, 5.74) is 0. The summed E-state index contributed by atoms with van der Waals surface area (Å²) in [5, 5.41) is 23.2. The standard InChI is InChI=1S/C66H125NO5/c1-3-5-7-9-11-13-15-16-37-40-44-48-52-56-60-66(71)72-61-57-53-49-45-41-38-35-33-31-29-27-25-23-21-19-17-18-20-22-24-26-28-30-32-34-36-39-43-47-51-55-59-65(70)67-63(62-68)64(69)58-54-50-46-42-14-12-10-8-6-4-2/h15-16,19,21,25,27,63-64,68-69H,3-14,17-18,20,22-24,26,28-62H2,1-2H3,(H,67,70)/b16-15-,21-19-,27-25-. The van der Waals surface area contributed by atoms with Crippen molar-refractivity contribution < 1.29 is 24.5 Å². The van der Waals surface area contributed by atoms with Gasteiger partial charge in [0.25, 0.3) is 0 Å². The Balaban J connectivity index is 3.37. The van der Waals surface area contributed by atoms with E-state index in [2.05, 4.69) is 55.6 Å². The van der Waals surface area contributed by atoms with Crippen LogP contribution in [0.5, 0.6) is 0 Å². The maximum Gasteiger partial charge on any atom is 0.305 e. The zero-order chi connectivity index (χ0) is 52.2. The van der Waals surface area contributed by atoms with Gasteiger partial charge in [-0.25, -0.2) is 0 Å². The van der Waals surface area contributed by atoms with Crippen LogP contribution in [0.15, 0.2) is 36.5 Å². The summed E-state index contributed by atoms with van der Waals surface area (Å²) >= 11 is 0. The van der Waals surface area contributed by atoms with Gasteiger partial charge in [-0.1, -0.05) is 288 Å². The van der Waals surface area contributed by atoms with Gasteiger partial charge in [-0.2, -0.15) is 0 Å². The van der Waals surface area contributed by atoms with Crippen molar-refractivity contribution in [3.8, 4) is 0 Å². The topological polar surface area (TPSA) is 95.9 Å². The van der Waals surface area contributed by atoms with Crippen LogP contribution in [-0.4, -0.2) is 47.4 Å². The number of carbonyl (C=O) groups excluding carboxylic acids is 2. The Bertz CT molecular complexity index is 1170. The van der Waals surface area contributed by atoms with Gasteiger partial charge in [-0.15, -0.1) is 0 Å². The smallest absolute Gasteiger partial charge is 0.305 e. The molecule has 0 aliphatic rings. The predicted octanol–water partition coefficient (Wildman–Crippen LogP) is 20.4. The average molecular weight is 1010 g/mol. The van der Waals surface area contributed by atoms with Crippen molar-refractivity contribution in [2.24, 2.45) is 0 Å². The number of aliphatic hydroxyl groups is 2. The highest BCUT2D eigenvalue weighted by Gasteiger charge is 2.20. The summed E-state index contributed by atoms with van der Waals surface area (Å²) in [7, 11) is 0. The zero-order valence-corrected chi connectivity index (χ0v) is 48.4. The van der Waals surface area contributed by atoms with Crippen molar-refractivity contribution >= 4 is 11.9 Å². The Labute approximate surface area is 449 Å². The maximum absolute atomic E-state index is 12.4.